The lowest BCUT2D eigenvalue weighted by Crippen LogP contribution is -2.56. The van der Waals surface area contributed by atoms with Gasteiger partial charge in [-0.1, -0.05) is 0 Å². The number of hydrogen-bond donors (Lipinski definition) is 2. The number of amides is 1. The largest absolute Gasteiger partial charge is 0.334 e. The number of nitrogens with zero attached hydrogens (tertiary/aromatic N) is 3. The molecule has 2 heterocycles. The van der Waals surface area contributed by atoms with Gasteiger partial charge in [0.05, 0.1) is 11.9 Å². The summed E-state index contributed by atoms with van der Waals surface area (Å²) in [5, 5.41) is 0. The fourth-order valence-electron chi connectivity index (χ4n) is 2.34. The Bertz CT molecular complexity index is 435. The number of rotatable bonds is 2. The average Bonchev–Trinajstić information content (AvgIpc) is 2.43. The van der Waals surface area contributed by atoms with Crippen molar-refractivity contribution in [3.05, 3.63) is 24.0 Å². The van der Waals surface area contributed by atoms with Crippen LogP contribution in [0.2, 0.25) is 0 Å². The number of nitrogen functional groups attached to an aromatic ring is 1. The fraction of sp³-hybridized carbons (Fsp3) is 0.538. The standard InChI is InChI=1S/C13H21N5O/c1-9-7-18(8-10(2)17(9)3)13(19)12-5-4-11(16-14)6-15-12/h4-6,9-10,16H,7-8,14H2,1-3H3. The minimum atomic E-state index is -0.0182. The molecular weight excluding hydrogens is 242 g/mol. The Morgan fingerprint density at radius 2 is 2.00 bits per heavy atom. The Morgan fingerprint density at radius 3 is 2.47 bits per heavy atom. The van der Waals surface area contributed by atoms with Gasteiger partial charge in [-0.25, -0.2) is 4.98 Å². The van der Waals surface area contributed by atoms with Gasteiger partial charge in [0.25, 0.3) is 5.91 Å². The molecule has 0 aromatic carbocycles. The van der Waals surface area contributed by atoms with Crippen LogP contribution in [0.1, 0.15) is 24.3 Å². The third kappa shape index (κ3) is 2.85. The number of carbonyl (C=O) groups is 1. The van der Waals surface area contributed by atoms with Gasteiger partial charge in [-0.15, -0.1) is 0 Å². The number of piperazine rings is 1. The third-order valence-corrected chi connectivity index (χ3v) is 3.80. The van der Waals surface area contributed by atoms with Crippen molar-refractivity contribution in [2.75, 3.05) is 25.6 Å². The van der Waals surface area contributed by atoms with E-state index in [-0.39, 0.29) is 5.91 Å². The van der Waals surface area contributed by atoms with E-state index in [2.05, 4.69) is 36.2 Å². The molecule has 1 fully saturated rings. The number of likely N-dealkylation sites (N-methyl/N-ethyl adjacent to an activating group) is 1. The molecule has 6 heteroatoms. The van der Waals surface area contributed by atoms with Gasteiger partial charge in [-0.2, -0.15) is 0 Å². The molecule has 1 aliphatic rings. The molecule has 2 rings (SSSR count). The van der Waals surface area contributed by atoms with Crippen LogP contribution in [0, 0.1) is 0 Å². The molecule has 0 radical (unpaired) electrons. The SMILES string of the molecule is CC1CN(C(=O)c2ccc(NN)cn2)CC(C)N1C. The summed E-state index contributed by atoms with van der Waals surface area (Å²) < 4.78 is 0. The van der Waals surface area contributed by atoms with Gasteiger partial charge in [0.2, 0.25) is 0 Å². The van der Waals surface area contributed by atoms with Crippen molar-refractivity contribution in [3.63, 3.8) is 0 Å². The van der Waals surface area contributed by atoms with Crippen LogP contribution in [0.3, 0.4) is 0 Å². The number of carbonyl (C=O) groups excluding carboxylic acids is 1. The molecule has 0 aliphatic carbocycles. The van der Waals surface area contributed by atoms with Crippen LogP contribution in [-0.2, 0) is 0 Å². The van der Waals surface area contributed by atoms with Crippen molar-refractivity contribution in [2.24, 2.45) is 5.84 Å². The number of aromatic nitrogens is 1. The maximum Gasteiger partial charge on any atom is 0.272 e. The van der Waals surface area contributed by atoms with E-state index in [0.717, 1.165) is 13.1 Å². The van der Waals surface area contributed by atoms with Crippen LogP contribution in [0.4, 0.5) is 5.69 Å². The van der Waals surface area contributed by atoms with Crippen LogP contribution in [-0.4, -0.2) is 52.9 Å². The number of pyridine rings is 1. The molecule has 2 unspecified atom stereocenters. The summed E-state index contributed by atoms with van der Waals surface area (Å²) in [6.45, 7) is 5.73. The van der Waals surface area contributed by atoms with E-state index in [1.54, 1.807) is 18.3 Å². The molecule has 1 aromatic heterocycles. The van der Waals surface area contributed by atoms with Crippen molar-refractivity contribution in [2.45, 2.75) is 25.9 Å². The van der Waals surface area contributed by atoms with Crippen LogP contribution < -0.4 is 11.3 Å². The second kappa shape index (κ2) is 5.54. The van der Waals surface area contributed by atoms with Crippen LogP contribution in [0.5, 0.6) is 0 Å². The first-order valence-electron chi connectivity index (χ1n) is 6.46. The Labute approximate surface area is 113 Å². The summed E-state index contributed by atoms with van der Waals surface area (Å²) in [5.41, 5.74) is 3.65. The smallest absolute Gasteiger partial charge is 0.272 e. The first-order valence-corrected chi connectivity index (χ1v) is 6.46. The van der Waals surface area contributed by atoms with Gasteiger partial charge in [0, 0.05) is 25.2 Å². The van der Waals surface area contributed by atoms with Crippen molar-refractivity contribution in [1.29, 1.82) is 0 Å². The van der Waals surface area contributed by atoms with Gasteiger partial charge >= 0.3 is 0 Å². The van der Waals surface area contributed by atoms with Crippen molar-refractivity contribution < 1.29 is 4.79 Å². The second-order valence-corrected chi connectivity index (χ2v) is 5.15. The lowest BCUT2D eigenvalue weighted by molar-refractivity contribution is 0.0409. The van der Waals surface area contributed by atoms with E-state index >= 15 is 0 Å². The minimum Gasteiger partial charge on any atom is -0.334 e. The first kappa shape index (κ1) is 13.8. The predicted octanol–water partition coefficient (Wildman–Crippen LogP) is 0.532. The Morgan fingerprint density at radius 1 is 1.37 bits per heavy atom. The zero-order valence-electron chi connectivity index (χ0n) is 11.6. The summed E-state index contributed by atoms with van der Waals surface area (Å²) >= 11 is 0. The van der Waals surface area contributed by atoms with Crippen LogP contribution in [0.25, 0.3) is 0 Å². The average molecular weight is 263 g/mol. The number of hydrogen-bond acceptors (Lipinski definition) is 5. The maximum absolute atomic E-state index is 12.4. The number of nitrogens with two attached hydrogens (primary N) is 1. The second-order valence-electron chi connectivity index (χ2n) is 5.15. The summed E-state index contributed by atoms with van der Waals surface area (Å²) in [6, 6.07) is 4.17. The van der Waals surface area contributed by atoms with E-state index in [9.17, 15) is 4.79 Å². The van der Waals surface area contributed by atoms with E-state index in [0.29, 0.717) is 23.5 Å². The minimum absolute atomic E-state index is 0.0182. The summed E-state index contributed by atoms with van der Waals surface area (Å²) in [5.74, 6) is 5.26. The molecule has 1 aromatic rings. The lowest BCUT2D eigenvalue weighted by Gasteiger charge is -2.42. The number of nitrogens with one attached hydrogen (secondary N) is 1. The van der Waals surface area contributed by atoms with Gasteiger partial charge in [0.1, 0.15) is 5.69 Å². The van der Waals surface area contributed by atoms with Gasteiger partial charge in [-0.05, 0) is 33.0 Å². The molecular formula is C13H21N5O. The van der Waals surface area contributed by atoms with Gasteiger partial charge in [-0.3, -0.25) is 15.5 Å². The molecule has 0 saturated carbocycles. The molecule has 0 bridgehead atoms. The first-order chi connectivity index (χ1) is 9.02. The van der Waals surface area contributed by atoms with Gasteiger partial charge in [0.15, 0.2) is 0 Å². The molecule has 6 nitrogen and oxygen atoms in total. The molecule has 19 heavy (non-hydrogen) atoms. The monoisotopic (exact) mass is 263 g/mol. The highest BCUT2D eigenvalue weighted by Crippen LogP contribution is 2.16. The van der Waals surface area contributed by atoms with Gasteiger partial charge < -0.3 is 10.3 Å². The Balaban J connectivity index is 2.10. The molecule has 104 valence electrons. The molecule has 0 spiro atoms. The topological polar surface area (TPSA) is 74.5 Å². The maximum atomic E-state index is 12.4. The summed E-state index contributed by atoms with van der Waals surface area (Å²) in [7, 11) is 2.09. The molecule has 3 N–H and O–H groups in total. The van der Waals surface area contributed by atoms with Crippen LogP contribution in [0.15, 0.2) is 18.3 Å². The predicted molar refractivity (Wildman–Crippen MR) is 74.6 cm³/mol. The molecule has 2 atom stereocenters. The molecule has 1 amide bonds. The van der Waals surface area contributed by atoms with E-state index in [1.165, 1.54) is 0 Å². The van der Waals surface area contributed by atoms with E-state index < -0.39 is 0 Å². The Kier molecular flexibility index (Phi) is 4.01. The van der Waals surface area contributed by atoms with Crippen LogP contribution >= 0.6 is 0 Å². The zero-order chi connectivity index (χ0) is 14.0. The Hall–Kier alpha value is -1.66. The third-order valence-electron chi connectivity index (χ3n) is 3.80. The zero-order valence-corrected chi connectivity index (χ0v) is 11.6. The van der Waals surface area contributed by atoms with Crippen molar-refractivity contribution in [1.82, 2.24) is 14.8 Å². The van der Waals surface area contributed by atoms with Crippen molar-refractivity contribution >= 4 is 11.6 Å². The highest BCUT2D eigenvalue weighted by atomic mass is 16.2. The molecule has 1 aliphatic heterocycles. The van der Waals surface area contributed by atoms with Crippen molar-refractivity contribution in [3.8, 4) is 0 Å². The highest BCUT2D eigenvalue weighted by molar-refractivity contribution is 5.92. The normalized spacial score (nSPS) is 24.3. The molecule has 1 saturated heterocycles. The fourth-order valence-corrected chi connectivity index (χ4v) is 2.34. The lowest BCUT2D eigenvalue weighted by atomic mass is 10.1. The summed E-state index contributed by atoms with van der Waals surface area (Å²) in [6.07, 6.45) is 1.57. The highest BCUT2D eigenvalue weighted by Gasteiger charge is 2.30. The van der Waals surface area contributed by atoms with E-state index in [1.807, 2.05) is 4.90 Å². The van der Waals surface area contributed by atoms with E-state index in [4.69, 9.17) is 5.84 Å². The summed E-state index contributed by atoms with van der Waals surface area (Å²) in [4.78, 5) is 20.7. The number of hydrazine groups is 1. The number of anilines is 1. The quantitative estimate of drug-likeness (QED) is 0.601.